The van der Waals surface area contributed by atoms with Crippen molar-refractivity contribution in [3.63, 3.8) is 0 Å². The lowest BCUT2D eigenvalue weighted by Gasteiger charge is -2.37. The number of benzene rings is 1. The van der Waals surface area contributed by atoms with Gasteiger partial charge in [-0.2, -0.15) is 0 Å². The van der Waals surface area contributed by atoms with E-state index >= 15 is 0 Å². The van der Waals surface area contributed by atoms with Gasteiger partial charge in [0.2, 0.25) is 0 Å². The number of allylic oxidation sites excluding steroid dienone is 1. The van der Waals surface area contributed by atoms with Gasteiger partial charge in [0.15, 0.2) is 0 Å². The molecule has 0 amide bonds. The largest absolute Gasteiger partial charge is 0.370 e. The number of hydrogen-bond donors (Lipinski definition) is 1. The Morgan fingerprint density at radius 2 is 2.09 bits per heavy atom. The van der Waals surface area contributed by atoms with Gasteiger partial charge in [-0.1, -0.05) is 19.6 Å². The summed E-state index contributed by atoms with van der Waals surface area (Å²) in [6.07, 6.45) is 7.58. The Labute approximate surface area is 199 Å². The molecule has 0 spiro atoms. The highest BCUT2D eigenvalue weighted by molar-refractivity contribution is 6.03. The van der Waals surface area contributed by atoms with E-state index in [0.717, 1.165) is 65.9 Å². The SMILES string of the molecule is C=C(c1cc(CC)c(C)c(/N=C(C)/C(C)=C/c2cccnc2C)c1)N1CCC2CCNC2C1. The number of pyridine rings is 1. The van der Waals surface area contributed by atoms with Gasteiger partial charge in [0.1, 0.15) is 0 Å². The monoisotopic (exact) mass is 442 g/mol. The van der Waals surface area contributed by atoms with E-state index in [1.807, 2.05) is 19.2 Å². The van der Waals surface area contributed by atoms with Crippen LogP contribution in [0.15, 0.2) is 47.6 Å². The molecule has 33 heavy (non-hydrogen) atoms. The maximum absolute atomic E-state index is 5.09. The minimum absolute atomic E-state index is 0.607. The van der Waals surface area contributed by atoms with E-state index < -0.39 is 0 Å². The van der Waals surface area contributed by atoms with Crippen LogP contribution in [0.3, 0.4) is 0 Å². The van der Waals surface area contributed by atoms with Crippen LogP contribution < -0.4 is 5.32 Å². The number of rotatable bonds is 6. The van der Waals surface area contributed by atoms with E-state index in [1.165, 1.54) is 29.5 Å². The van der Waals surface area contributed by atoms with Crippen molar-refractivity contribution in [3.05, 3.63) is 70.6 Å². The van der Waals surface area contributed by atoms with Crippen molar-refractivity contribution in [3.8, 4) is 0 Å². The Morgan fingerprint density at radius 1 is 1.27 bits per heavy atom. The minimum atomic E-state index is 0.607. The van der Waals surface area contributed by atoms with E-state index in [2.05, 4.69) is 73.7 Å². The average Bonchev–Trinajstić information content (AvgIpc) is 3.29. The Bertz CT molecular complexity index is 1090. The highest BCUT2D eigenvalue weighted by atomic mass is 15.2. The second kappa shape index (κ2) is 10.0. The predicted octanol–water partition coefficient (Wildman–Crippen LogP) is 6.11. The lowest BCUT2D eigenvalue weighted by atomic mass is 9.91. The number of nitrogens with zero attached hydrogens (tertiary/aromatic N) is 3. The van der Waals surface area contributed by atoms with Crippen LogP contribution in [-0.2, 0) is 6.42 Å². The Kier molecular flexibility index (Phi) is 7.14. The number of fused-ring (bicyclic) bond motifs is 1. The average molecular weight is 443 g/mol. The fourth-order valence-electron chi connectivity index (χ4n) is 5.12. The number of nitrogens with one attached hydrogen (secondary N) is 1. The number of likely N-dealkylation sites (tertiary alicyclic amines) is 1. The second-order valence-electron chi connectivity index (χ2n) is 9.63. The molecule has 2 aromatic rings. The summed E-state index contributed by atoms with van der Waals surface area (Å²) in [5.41, 5.74) is 10.3. The number of aromatic nitrogens is 1. The zero-order valence-electron chi connectivity index (χ0n) is 20.9. The molecule has 4 rings (SSSR count). The number of aryl methyl sites for hydroxylation is 2. The smallest absolute Gasteiger partial charge is 0.0671 e. The van der Waals surface area contributed by atoms with Gasteiger partial charge in [-0.3, -0.25) is 9.98 Å². The van der Waals surface area contributed by atoms with E-state index in [1.54, 1.807) is 0 Å². The molecule has 1 N–H and O–H groups in total. The fraction of sp³-hybridized carbons (Fsp3) is 0.448. The molecule has 2 saturated heterocycles. The summed E-state index contributed by atoms with van der Waals surface area (Å²) in [5.74, 6) is 0.833. The molecule has 174 valence electrons. The standard InChI is InChI=1S/C29H38N4/c1-7-24-16-27(23(6)33-14-11-25-10-13-31-29(25)18-33)17-28(20(24)3)32-21(4)19(2)15-26-9-8-12-30-22(26)5/h8-9,12,15-17,25,29,31H,6-7,10-11,13-14,18H2,1-5H3/b19-15+,32-21+. The van der Waals surface area contributed by atoms with Gasteiger partial charge in [-0.15, -0.1) is 0 Å². The minimum Gasteiger partial charge on any atom is -0.370 e. The zero-order chi connectivity index (χ0) is 23.5. The summed E-state index contributed by atoms with van der Waals surface area (Å²) in [6.45, 7) is 18.5. The predicted molar refractivity (Wildman–Crippen MR) is 141 cm³/mol. The van der Waals surface area contributed by atoms with Crippen LogP contribution in [0.2, 0.25) is 0 Å². The molecule has 4 heteroatoms. The molecule has 0 saturated carbocycles. The van der Waals surface area contributed by atoms with Crippen LogP contribution >= 0.6 is 0 Å². The zero-order valence-corrected chi connectivity index (χ0v) is 20.9. The molecular formula is C29H38N4. The van der Waals surface area contributed by atoms with E-state index in [-0.39, 0.29) is 0 Å². The second-order valence-corrected chi connectivity index (χ2v) is 9.63. The summed E-state index contributed by atoms with van der Waals surface area (Å²) >= 11 is 0. The van der Waals surface area contributed by atoms with Crippen LogP contribution in [-0.4, -0.2) is 41.3 Å². The quantitative estimate of drug-likeness (QED) is 0.549. The fourth-order valence-corrected chi connectivity index (χ4v) is 5.12. The molecule has 2 atom stereocenters. The molecule has 2 aliphatic heterocycles. The molecule has 4 nitrogen and oxygen atoms in total. The number of piperidine rings is 1. The van der Waals surface area contributed by atoms with Crippen molar-refractivity contribution in [2.75, 3.05) is 19.6 Å². The normalized spacial score (nSPS) is 21.3. The first-order valence-corrected chi connectivity index (χ1v) is 12.3. The number of hydrogen-bond acceptors (Lipinski definition) is 4. The van der Waals surface area contributed by atoms with Gasteiger partial charge >= 0.3 is 0 Å². The van der Waals surface area contributed by atoms with Gasteiger partial charge in [0.05, 0.1) is 5.69 Å². The first-order valence-electron chi connectivity index (χ1n) is 12.3. The maximum Gasteiger partial charge on any atom is 0.0671 e. The summed E-state index contributed by atoms with van der Waals surface area (Å²) in [7, 11) is 0. The molecule has 1 aromatic carbocycles. The molecule has 1 aromatic heterocycles. The third-order valence-corrected chi connectivity index (χ3v) is 7.54. The van der Waals surface area contributed by atoms with E-state index in [4.69, 9.17) is 4.99 Å². The summed E-state index contributed by atoms with van der Waals surface area (Å²) in [4.78, 5) is 12.0. The van der Waals surface area contributed by atoms with Crippen molar-refractivity contribution in [2.24, 2.45) is 10.9 Å². The van der Waals surface area contributed by atoms with Gasteiger partial charge in [-0.05, 0) is 112 Å². The Balaban J connectivity index is 1.62. The van der Waals surface area contributed by atoms with Gasteiger partial charge in [0, 0.05) is 42.4 Å². The summed E-state index contributed by atoms with van der Waals surface area (Å²) < 4.78 is 0. The molecule has 0 bridgehead atoms. The van der Waals surface area contributed by atoms with Crippen molar-refractivity contribution in [1.82, 2.24) is 15.2 Å². The molecular weight excluding hydrogens is 404 g/mol. The molecule has 2 fully saturated rings. The molecule has 3 heterocycles. The van der Waals surface area contributed by atoms with E-state index in [9.17, 15) is 0 Å². The van der Waals surface area contributed by atoms with Crippen molar-refractivity contribution < 1.29 is 0 Å². The van der Waals surface area contributed by atoms with Gasteiger partial charge in [-0.25, -0.2) is 0 Å². The molecule has 2 aliphatic rings. The first-order chi connectivity index (χ1) is 15.9. The number of aliphatic imine (C=N–C) groups is 1. The van der Waals surface area contributed by atoms with Crippen LogP contribution in [0.25, 0.3) is 11.8 Å². The van der Waals surface area contributed by atoms with Gasteiger partial charge < -0.3 is 10.2 Å². The molecule has 0 radical (unpaired) electrons. The van der Waals surface area contributed by atoms with Crippen molar-refractivity contribution >= 4 is 23.2 Å². The third-order valence-electron chi connectivity index (χ3n) is 7.54. The Morgan fingerprint density at radius 3 is 2.85 bits per heavy atom. The highest BCUT2D eigenvalue weighted by Gasteiger charge is 2.33. The van der Waals surface area contributed by atoms with Crippen molar-refractivity contribution in [1.29, 1.82) is 0 Å². The van der Waals surface area contributed by atoms with Gasteiger partial charge in [0.25, 0.3) is 0 Å². The lowest BCUT2D eigenvalue weighted by molar-refractivity contribution is 0.231. The van der Waals surface area contributed by atoms with Crippen LogP contribution in [0, 0.1) is 19.8 Å². The Hall–Kier alpha value is -2.72. The molecule has 2 unspecified atom stereocenters. The van der Waals surface area contributed by atoms with E-state index in [0.29, 0.717) is 6.04 Å². The lowest BCUT2D eigenvalue weighted by Crippen LogP contribution is -2.45. The van der Waals surface area contributed by atoms with Crippen molar-refractivity contribution in [2.45, 2.75) is 59.9 Å². The van der Waals surface area contributed by atoms with Crippen LogP contribution in [0.1, 0.15) is 61.6 Å². The topological polar surface area (TPSA) is 40.5 Å². The third kappa shape index (κ3) is 5.11. The maximum atomic E-state index is 5.09. The first kappa shape index (κ1) is 23.4. The summed E-state index contributed by atoms with van der Waals surface area (Å²) in [5, 5.41) is 3.68. The van der Waals surface area contributed by atoms with Crippen LogP contribution in [0.4, 0.5) is 5.69 Å². The van der Waals surface area contributed by atoms with Crippen LogP contribution in [0.5, 0.6) is 0 Å². The summed E-state index contributed by atoms with van der Waals surface area (Å²) in [6, 6.07) is 9.25. The highest BCUT2D eigenvalue weighted by Crippen LogP contribution is 2.33. The molecule has 0 aliphatic carbocycles.